The molecule has 2 saturated heterocycles. The molecule has 2 aliphatic heterocycles. The highest BCUT2D eigenvalue weighted by atomic mass is 32.1. The molecule has 2 atom stereocenters. The van der Waals surface area contributed by atoms with Crippen molar-refractivity contribution in [2.75, 3.05) is 47.8 Å². The van der Waals surface area contributed by atoms with Gasteiger partial charge in [-0.25, -0.2) is 4.39 Å². The smallest absolute Gasteiger partial charge is 0.232 e. The fourth-order valence-electron chi connectivity index (χ4n) is 6.77. The van der Waals surface area contributed by atoms with Crippen LogP contribution in [0, 0.1) is 17.7 Å². The van der Waals surface area contributed by atoms with Gasteiger partial charge in [-0.05, 0) is 73.9 Å². The number of aromatic nitrogens is 2. The van der Waals surface area contributed by atoms with Crippen molar-refractivity contribution >= 4 is 34.9 Å². The number of hydrogen-bond acceptors (Lipinski definition) is 5. The minimum absolute atomic E-state index is 0.0283. The Labute approximate surface area is 232 Å². The lowest BCUT2D eigenvalue weighted by Gasteiger charge is -2.36. The van der Waals surface area contributed by atoms with Crippen molar-refractivity contribution in [2.24, 2.45) is 11.8 Å². The number of nitrogens with zero attached hydrogens (tertiary/aromatic N) is 4. The van der Waals surface area contributed by atoms with E-state index in [9.17, 15) is 4.39 Å². The first-order valence-electron chi connectivity index (χ1n) is 14.6. The SMILES string of the molecule is CC1CC(C)CN(c2cc(N3CCCCCC3)nc(NC(=S)NCC3(c4ccc(F)cc4)CCCC3)n2)C1. The van der Waals surface area contributed by atoms with Gasteiger partial charge in [-0.15, -0.1) is 0 Å². The molecule has 1 aliphatic carbocycles. The first-order valence-corrected chi connectivity index (χ1v) is 15.0. The molecule has 5 rings (SSSR count). The van der Waals surface area contributed by atoms with E-state index in [1.54, 1.807) is 12.1 Å². The van der Waals surface area contributed by atoms with Crippen molar-refractivity contribution in [3.8, 4) is 0 Å². The standard InChI is InChI=1S/C30H43FN6S/c1-22-17-23(2)20-37(19-22)27-18-26(36-15-7-3-4-8-16-36)33-28(34-27)35-29(38)32-21-30(13-5-6-14-30)24-9-11-25(31)12-10-24/h9-12,18,22-23H,3-8,13-17,19-21H2,1-2H3,(H2,32,33,34,35,38). The van der Waals surface area contributed by atoms with E-state index in [0.29, 0.717) is 29.4 Å². The van der Waals surface area contributed by atoms with E-state index in [1.165, 1.54) is 50.5 Å². The largest absolute Gasteiger partial charge is 0.361 e. The predicted octanol–water partition coefficient (Wildman–Crippen LogP) is 6.28. The molecule has 3 aliphatic rings. The summed E-state index contributed by atoms with van der Waals surface area (Å²) in [5.41, 5.74) is 1.15. The number of hydrogen-bond donors (Lipinski definition) is 2. The molecule has 2 N–H and O–H groups in total. The number of halogens is 1. The molecule has 3 fully saturated rings. The maximum Gasteiger partial charge on any atom is 0.232 e. The zero-order valence-electron chi connectivity index (χ0n) is 23.0. The summed E-state index contributed by atoms with van der Waals surface area (Å²) in [7, 11) is 0. The second kappa shape index (κ2) is 12.1. The van der Waals surface area contributed by atoms with Crippen LogP contribution >= 0.6 is 12.2 Å². The van der Waals surface area contributed by atoms with Crippen molar-refractivity contribution in [2.45, 2.75) is 77.0 Å². The Morgan fingerprint density at radius 2 is 1.53 bits per heavy atom. The molecule has 8 heteroatoms. The Bertz CT molecular complexity index is 1070. The van der Waals surface area contributed by atoms with Gasteiger partial charge in [-0.3, -0.25) is 0 Å². The van der Waals surface area contributed by atoms with Crippen molar-refractivity contribution in [1.29, 1.82) is 0 Å². The first kappa shape index (κ1) is 27.1. The minimum Gasteiger partial charge on any atom is -0.361 e. The molecule has 1 saturated carbocycles. The highest BCUT2D eigenvalue weighted by molar-refractivity contribution is 7.80. The van der Waals surface area contributed by atoms with Gasteiger partial charge in [-0.1, -0.05) is 51.7 Å². The molecule has 206 valence electrons. The molecule has 0 radical (unpaired) electrons. The van der Waals surface area contributed by atoms with Crippen LogP contribution in [0.1, 0.15) is 77.2 Å². The average Bonchev–Trinajstić information content (AvgIpc) is 3.21. The lowest BCUT2D eigenvalue weighted by atomic mass is 9.79. The molecule has 0 amide bonds. The van der Waals surface area contributed by atoms with Gasteiger partial charge < -0.3 is 20.4 Å². The van der Waals surface area contributed by atoms with E-state index in [2.05, 4.69) is 40.3 Å². The van der Waals surface area contributed by atoms with Gasteiger partial charge in [0, 0.05) is 44.2 Å². The van der Waals surface area contributed by atoms with Gasteiger partial charge in [0.15, 0.2) is 5.11 Å². The molecule has 2 unspecified atom stereocenters. The first-order chi connectivity index (χ1) is 18.4. The number of piperidine rings is 1. The Kier molecular flexibility index (Phi) is 8.66. The molecule has 1 aromatic carbocycles. The molecule has 38 heavy (non-hydrogen) atoms. The second-order valence-electron chi connectivity index (χ2n) is 12.0. The Morgan fingerprint density at radius 1 is 0.921 bits per heavy atom. The van der Waals surface area contributed by atoms with E-state index >= 15 is 0 Å². The van der Waals surface area contributed by atoms with E-state index in [0.717, 1.165) is 50.7 Å². The van der Waals surface area contributed by atoms with Crippen LogP contribution in [0.4, 0.5) is 22.0 Å². The van der Waals surface area contributed by atoms with Crippen LogP contribution < -0.4 is 20.4 Å². The van der Waals surface area contributed by atoms with Crippen LogP contribution in [-0.2, 0) is 5.41 Å². The summed E-state index contributed by atoms with van der Waals surface area (Å²) in [6.45, 7) is 9.48. The topological polar surface area (TPSA) is 56.3 Å². The third-order valence-corrected chi connectivity index (χ3v) is 8.90. The number of thiocarbonyl (C=S) groups is 1. The van der Waals surface area contributed by atoms with Crippen LogP contribution in [-0.4, -0.2) is 47.8 Å². The quantitative estimate of drug-likeness (QED) is 0.420. The van der Waals surface area contributed by atoms with Crippen LogP contribution in [0.2, 0.25) is 0 Å². The molecule has 0 spiro atoms. The fourth-order valence-corrected chi connectivity index (χ4v) is 6.93. The normalized spacial score (nSPS) is 23.7. The molecule has 0 bridgehead atoms. The van der Waals surface area contributed by atoms with E-state index in [-0.39, 0.29) is 11.2 Å². The number of rotatable bonds is 6. The summed E-state index contributed by atoms with van der Waals surface area (Å²) >= 11 is 5.76. The van der Waals surface area contributed by atoms with Crippen LogP contribution in [0.25, 0.3) is 0 Å². The summed E-state index contributed by atoms with van der Waals surface area (Å²) in [6.07, 6.45) is 10.7. The summed E-state index contributed by atoms with van der Waals surface area (Å²) < 4.78 is 13.6. The van der Waals surface area contributed by atoms with Gasteiger partial charge in [0.05, 0.1) is 0 Å². The van der Waals surface area contributed by atoms with E-state index in [1.807, 2.05) is 12.1 Å². The van der Waals surface area contributed by atoms with Crippen molar-refractivity contribution in [1.82, 2.24) is 15.3 Å². The highest BCUT2D eigenvalue weighted by Crippen LogP contribution is 2.40. The van der Waals surface area contributed by atoms with Gasteiger partial charge in [0.1, 0.15) is 17.5 Å². The lowest BCUT2D eigenvalue weighted by molar-refractivity contribution is 0.355. The van der Waals surface area contributed by atoms with Crippen molar-refractivity contribution < 1.29 is 4.39 Å². The third kappa shape index (κ3) is 6.56. The highest BCUT2D eigenvalue weighted by Gasteiger charge is 2.35. The van der Waals surface area contributed by atoms with E-state index in [4.69, 9.17) is 22.2 Å². The van der Waals surface area contributed by atoms with Crippen LogP contribution in [0.3, 0.4) is 0 Å². The molecule has 1 aromatic heterocycles. The van der Waals surface area contributed by atoms with Crippen LogP contribution in [0.5, 0.6) is 0 Å². The number of anilines is 3. The average molecular weight is 539 g/mol. The molecule has 3 heterocycles. The Balaban J connectivity index is 1.33. The van der Waals surface area contributed by atoms with Crippen molar-refractivity contribution in [3.63, 3.8) is 0 Å². The minimum atomic E-state index is -0.193. The number of nitrogens with one attached hydrogen (secondary N) is 2. The summed E-state index contributed by atoms with van der Waals surface area (Å²) in [5, 5.41) is 7.33. The van der Waals surface area contributed by atoms with Gasteiger partial charge in [0.2, 0.25) is 5.95 Å². The molecule has 2 aromatic rings. The zero-order chi connectivity index (χ0) is 26.5. The van der Waals surface area contributed by atoms with Gasteiger partial charge in [0.25, 0.3) is 0 Å². The lowest BCUT2D eigenvalue weighted by Crippen LogP contribution is -2.41. The zero-order valence-corrected chi connectivity index (χ0v) is 23.8. The maximum atomic E-state index is 13.6. The van der Waals surface area contributed by atoms with E-state index < -0.39 is 0 Å². The van der Waals surface area contributed by atoms with Crippen molar-refractivity contribution in [3.05, 3.63) is 41.7 Å². The van der Waals surface area contributed by atoms with Gasteiger partial charge >= 0.3 is 0 Å². The van der Waals surface area contributed by atoms with Crippen LogP contribution in [0.15, 0.2) is 30.3 Å². The summed E-state index contributed by atoms with van der Waals surface area (Å²) in [6, 6.07) is 9.18. The monoisotopic (exact) mass is 538 g/mol. The Hall–Kier alpha value is -2.48. The maximum absolute atomic E-state index is 13.6. The predicted molar refractivity (Wildman–Crippen MR) is 159 cm³/mol. The fraction of sp³-hybridized carbons (Fsp3) is 0.633. The third-order valence-electron chi connectivity index (χ3n) is 8.65. The number of benzene rings is 1. The molecular weight excluding hydrogens is 495 g/mol. The van der Waals surface area contributed by atoms with Gasteiger partial charge in [-0.2, -0.15) is 9.97 Å². The Morgan fingerprint density at radius 3 is 2.16 bits per heavy atom. The molecular formula is C30H43FN6S. The second-order valence-corrected chi connectivity index (χ2v) is 12.4. The summed E-state index contributed by atoms with van der Waals surface area (Å²) in [5.74, 6) is 3.63. The summed E-state index contributed by atoms with van der Waals surface area (Å²) in [4.78, 5) is 14.7. The molecule has 6 nitrogen and oxygen atoms in total.